The number of nitrogens with one attached hydrogen (secondary N) is 2. The molecule has 6 rings (SSSR count). The van der Waals surface area contributed by atoms with E-state index in [4.69, 9.17) is 0 Å². The highest BCUT2D eigenvalue weighted by Crippen LogP contribution is 2.36. The van der Waals surface area contributed by atoms with Gasteiger partial charge < -0.3 is 14.9 Å². The topological polar surface area (TPSA) is 108 Å². The van der Waals surface area contributed by atoms with E-state index >= 15 is 0 Å². The summed E-state index contributed by atoms with van der Waals surface area (Å²) in [5.74, 6) is 0.261. The van der Waals surface area contributed by atoms with Crippen LogP contribution in [0.5, 0.6) is 0 Å². The van der Waals surface area contributed by atoms with Crippen molar-refractivity contribution < 1.29 is 12.3 Å². The van der Waals surface area contributed by atoms with Crippen molar-refractivity contribution in [1.29, 1.82) is 5.26 Å². The van der Waals surface area contributed by atoms with Gasteiger partial charge in [-0.1, -0.05) is 32.0 Å². The Kier molecular flexibility index (Phi) is 6.48. The molecule has 0 aliphatic carbocycles. The van der Waals surface area contributed by atoms with Crippen LogP contribution in [-0.2, 0) is 16.6 Å². The molecule has 0 saturated carbocycles. The Morgan fingerprint density at radius 2 is 1.85 bits per heavy atom. The molecule has 0 spiro atoms. The van der Waals surface area contributed by atoms with Gasteiger partial charge in [0.25, 0.3) is 0 Å². The number of nitriles is 1. The number of benzene rings is 3. The standard InChI is InChI=1S/C31H29FN4O3S/c1-18(2)12-21-15-26-28(16-25(21)20-4-3-5-23(14-20)40(32,38)39)36(22-8-10-34-11-9-22)31-29(30(26)37)24-7-6-19(17-33)13-27(24)35-31/h3-7,13-16,18,22,34-35H,8-12H2,1-2H3. The van der Waals surface area contributed by atoms with Crippen LogP contribution in [0.25, 0.3) is 44.0 Å². The van der Waals surface area contributed by atoms with Crippen LogP contribution in [0.3, 0.4) is 0 Å². The highest BCUT2D eigenvalue weighted by atomic mass is 32.3. The summed E-state index contributed by atoms with van der Waals surface area (Å²) in [6.45, 7) is 5.85. The molecule has 0 unspecified atom stereocenters. The van der Waals surface area contributed by atoms with Gasteiger partial charge in [0.15, 0.2) is 5.43 Å². The van der Waals surface area contributed by atoms with Crippen LogP contribution in [0.4, 0.5) is 3.89 Å². The van der Waals surface area contributed by atoms with E-state index in [1.54, 1.807) is 24.3 Å². The lowest BCUT2D eigenvalue weighted by molar-refractivity contribution is 0.381. The lowest BCUT2D eigenvalue weighted by Gasteiger charge is -2.28. The molecule has 0 atom stereocenters. The second-order valence-corrected chi connectivity index (χ2v) is 12.3. The van der Waals surface area contributed by atoms with Crippen molar-refractivity contribution in [3.63, 3.8) is 0 Å². The van der Waals surface area contributed by atoms with Crippen LogP contribution in [0.2, 0.25) is 0 Å². The number of nitrogens with zero attached hydrogens (tertiary/aromatic N) is 2. The van der Waals surface area contributed by atoms with Gasteiger partial charge in [0.05, 0.1) is 27.4 Å². The number of H-pyrrole nitrogens is 1. The molecule has 40 heavy (non-hydrogen) atoms. The van der Waals surface area contributed by atoms with Gasteiger partial charge in [-0.25, -0.2) is 0 Å². The van der Waals surface area contributed by atoms with Crippen molar-refractivity contribution >= 4 is 43.1 Å². The van der Waals surface area contributed by atoms with Gasteiger partial charge in [-0.3, -0.25) is 4.79 Å². The van der Waals surface area contributed by atoms with Gasteiger partial charge >= 0.3 is 10.2 Å². The van der Waals surface area contributed by atoms with E-state index in [0.29, 0.717) is 34.0 Å². The fraction of sp³-hybridized carbons (Fsp3) is 0.290. The van der Waals surface area contributed by atoms with Crippen molar-refractivity contribution in [1.82, 2.24) is 14.9 Å². The zero-order chi connectivity index (χ0) is 28.2. The van der Waals surface area contributed by atoms with E-state index in [9.17, 15) is 22.4 Å². The maximum atomic E-state index is 14.2. The second-order valence-electron chi connectivity index (χ2n) is 11.0. The average molecular weight is 557 g/mol. The van der Waals surface area contributed by atoms with Crippen LogP contribution < -0.4 is 10.7 Å². The predicted octanol–water partition coefficient (Wildman–Crippen LogP) is 5.96. The number of halogens is 1. The SMILES string of the molecule is CC(C)Cc1cc2c(=O)c3c4ccc(C#N)cc4[nH]c3n(C3CCNCC3)c2cc1-c1cccc(S(=O)(=O)F)c1. The summed E-state index contributed by atoms with van der Waals surface area (Å²) in [6.07, 6.45) is 2.39. The fourth-order valence-electron chi connectivity index (χ4n) is 6.07. The first kappa shape index (κ1) is 26.2. The summed E-state index contributed by atoms with van der Waals surface area (Å²) >= 11 is 0. The molecule has 204 valence electrons. The first-order chi connectivity index (χ1) is 19.2. The molecular weight excluding hydrogens is 527 g/mol. The number of aromatic nitrogens is 2. The molecular formula is C31H29FN4O3S. The van der Waals surface area contributed by atoms with Gasteiger partial charge in [0, 0.05) is 22.3 Å². The minimum absolute atomic E-state index is 0.0946. The maximum absolute atomic E-state index is 14.2. The number of hydrogen-bond acceptors (Lipinski definition) is 5. The van der Waals surface area contributed by atoms with Crippen molar-refractivity contribution in [3.8, 4) is 17.2 Å². The Hall–Kier alpha value is -4.00. The molecule has 0 amide bonds. The van der Waals surface area contributed by atoms with Crippen LogP contribution in [0.1, 0.15) is 43.9 Å². The van der Waals surface area contributed by atoms with Gasteiger partial charge in [-0.05, 0) is 91.4 Å². The van der Waals surface area contributed by atoms with E-state index in [0.717, 1.165) is 53.5 Å². The summed E-state index contributed by atoms with van der Waals surface area (Å²) in [7, 11) is -4.88. The molecule has 5 aromatic rings. The largest absolute Gasteiger partial charge is 0.340 e. The Morgan fingerprint density at radius 1 is 1.07 bits per heavy atom. The molecule has 1 aliphatic heterocycles. The first-order valence-corrected chi connectivity index (χ1v) is 14.9. The van der Waals surface area contributed by atoms with Crippen LogP contribution in [0.15, 0.2) is 64.3 Å². The molecule has 3 aromatic carbocycles. The number of pyridine rings is 1. The number of piperidine rings is 1. The smallest absolute Gasteiger partial charge is 0.332 e. The normalized spacial score (nSPS) is 14.9. The third-order valence-corrected chi connectivity index (χ3v) is 8.65. The van der Waals surface area contributed by atoms with Crippen molar-refractivity contribution in [2.24, 2.45) is 5.92 Å². The molecule has 9 heteroatoms. The van der Waals surface area contributed by atoms with Crippen molar-refractivity contribution in [2.45, 2.75) is 44.0 Å². The number of rotatable bonds is 5. The minimum Gasteiger partial charge on any atom is -0.340 e. The Labute approximate surface area is 231 Å². The molecule has 0 bridgehead atoms. The van der Waals surface area contributed by atoms with Gasteiger partial charge in [-0.2, -0.15) is 13.7 Å². The van der Waals surface area contributed by atoms with Crippen LogP contribution >= 0.6 is 0 Å². The summed E-state index contributed by atoms with van der Waals surface area (Å²) in [6, 6.07) is 17.4. The zero-order valence-electron chi connectivity index (χ0n) is 22.3. The Bertz CT molecular complexity index is 2010. The maximum Gasteiger partial charge on any atom is 0.332 e. The Morgan fingerprint density at radius 3 is 2.55 bits per heavy atom. The van der Waals surface area contributed by atoms with Crippen molar-refractivity contribution in [3.05, 3.63) is 75.9 Å². The van der Waals surface area contributed by atoms with E-state index < -0.39 is 15.1 Å². The fourth-order valence-corrected chi connectivity index (χ4v) is 6.58. The van der Waals surface area contributed by atoms with Crippen molar-refractivity contribution in [2.75, 3.05) is 13.1 Å². The van der Waals surface area contributed by atoms with Gasteiger partial charge in [-0.15, -0.1) is 3.89 Å². The third-order valence-electron chi connectivity index (χ3n) is 7.83. The molecule has 1 aliphatic rings. The monoisotopic (exact) mass is 556 g/mol. The third kappa shape index (κ3) is 4.47. The molecule has 2 N–H and O–H groups in total. The first-order valence-electron chi connectivity index (χ1n) is 13.5. The van der Waals surface area contributed by atoms with Gasteiger partial charge in [0.1, 0.15) is 5.65 Å². The molecule has 3 heterocycles. The van der Waals surface area contributed by atoms with Gasteiger partial charge in [0.2, 0.25) is 0 Å². The van der Waals surface area contributed by atoms with E-state index in [1.807, 2.05) is 18.2 Å². The highest BCUT2D eigenvalue weighted by molar-refractivity contribution is 7.86. The molecule has 7 nitrogen and oxygen atoms in total. The van der Waals surface area contributed by atoms with E-state index in [-0.39, 0.29) is 17.4 Å². The second kappa shape index (κ2) is 9.88. The zero-order valence-corrected chi connectivity index (χ0v) is 23.1. The lowest BCUT2D eigenvalue weighted by Crippen LogP contribution is -2.30. The minimum atomic E-state index is -4.88. The summed E-state index contributed by atoms with van der Waals surface area (Å²) in [4.78, 5) is 17.2. The predicted molar refractivity (Wildman–Crippen MR) is 156 cm³/mol. The summed E-state index contributed by atoms with van der Waals surface area (Å²) < 4.78 is 39.6. The number of aromatic amines is 1. The Balaban J connectivity index is 1.75. The number of hydrogen-bond donors (Lipinski definition) is 2. The lowest BCUT2D eigenvalue weighted by atomic mass is 9.91. The number of fused-ring (bicyclic) bond motifs is 4. The van der Waals surface area contributed by atoms with Crippen LogP contribution in [0, 0.1) is 17.2 Å². The molecule has 1 saturated heterocycles. The summed E-state index contributed by atoms with van der Waals surface area (Å²) in [5.41, 5.74) is 4.84. The molecule has 2 aromatic heterocycles. The quantitative estimate of drug-likeness (QED) is 0.260. The molecule has 0 radical (unpaired) electrons. The average Bonchev–Trinajstić information content (AvgIpc) is 3.31. The van der Waals surface area contributed by atoms with Crippen LogP contribution in [-0.4, -0.2) is 31.1 Å². The van der Waals surface area contributed by atoms with E-state index in [1.165, 1.54) is 12.1 Å². The summed E-state index contributed by atoms with van der Waals surface area (Å²) in [5, 5.41) is 14.8. The molecule has 1 fully saturated rings. The highest BCUT2D eigenvalue weighted by Gasteiger charge is 2.25. The van der Waals surface area contributed by atoms with E-state index in [2.05, 4.69) is 34.8 Å².